The summed E-state index contributed by atoms with van der Waals surface area (Å²) in [6.07, 6.45) is 1.32. The number of rotatable bonds is 11. The fraction of sp³-hybridized carbons (Fsp3) is 0.591. The average molecular weight is 445 g/mol. The Bertz CT molecular complexity index is 951. The number of aromatic nitrogens is 1. The molecule has 2 N–H and O–H groups in total. The molecule has 3 atom stereocenters. The van der Waals surface area contributed by atoms with Crippen LogP contribution < -0.4 is 10.6 Å². The summed E-state index contributed by atoms with van der Waals surface area (Å²) in [6.45, 7) is 10.4. The number of thiazole rings is 1. The number of benzene rings is 1. The molecule has 9 heteroatoms. The van der Waals surface area contributed by atoms with E-state index in [0.717, 1.165) is 15.2 Å². The van der Waals surface area contributed by atoms with Crippen LogP contribution in [0, 0.1) is 5.92 Å². The van der Waals surface area contributed by atoms with Crippen LogP contribution in [0.5, 0.6) is 0 Å². The number of amides is 2. The van der Waals surface area contributed by atoms with Gasteiger partial charge in [-0.25, -0.2) is 4.98 Å². The quantitative estimate of drug-likeness (QED) is 0.297. The summed E-state index contributed by atoms with van der Waals surface area (Å²) in [5.41, 5.74) is 10.6. The first-order chi connectivity index (χ1) is 14.7. The molecule has 0 radical (unpaired) electrons. The molecule has 31 heavy (non-hydrogen) atoms. The van der Waals surface area contributed by atoms with Crippen LogP contribution in [-0.4, -0.2) is 35.4 Å². The highest BCUT2D eigenvalue weighted by molar-refractivity contribution is 7.18. The standard InChI is InChI=1S/C22H32N6O2S/c1-6-20(29)26-18(22(30)25-15(5)14(4)9-10-24-28-23)12-21-27-17-8-7-16(13(2)3)11-19(17)31-21/h7-8,11,13-15,18H,6,9-10,12H2,1-5H3,(H,25,30)(H,26,29)/t14-,15-,18-/m0/s1. The van der Waals surface area contributed by atoms with E-state index in [1.807, 2.05) is 19.9 Å². The van der Waals surface area contributed by atoms with Crippen molar-refractivity contribution in [2.24, 2.45) is 11.0 Å². The molecule has 2 amide bonds. The fourth-order valence-electron chi connectivity index (χ4n) is 3.14. The Morgan fingerprint density at radius 1 is 1.23 bits per heavy atom. The minimum absolute atomic E-state index is 0.119. The van der Waals surface area contributed by atoms with Crippen molar-refractivity contribution >= 4 is 33.4 Å². The van der Waals surface area contributed by atoms with Crippen molar-refractivity contribution in [3.05, 3.63) is 39.2 Å². The summed E-state index contributed by atoms with van der Waals surface area (Å²) in [5, 5.41) is 10.2. The zero-order valence-corrected chi connectivity index (χ0v) is 19.7. The van der Waals surface area contributed by atoms with Gasteiger partial charge >= 0.3 is 0 Å². The molecular weight excluding hydrogens is 412 g/mol. The molecule has 0 spiro atoms. The molecule has 1 heterocycles. The van der Waals surface area contributed by atoms with E-state index in [-0.39, 0.29) is 23.8 Å². The molecule has 0 bridgehead atoms. The van der Waals surface area contributed by atoms with Gasteiger partial charge in [-0.3, -0.25) is 9.59 Å². The van der Waals surface area contributed by atoms with Crippen molar-refractivity contribution in [3.63, 3.8) is 0 Å². The minimum Gasteiger partial charge on any atom is -0.352 e. The van der Waals surface area contributed by atoms with E-state index >= 15 is 0 Å². The molecule has 0 saturated carbocycles. The van der Waals surface area contributed by atoms with Gasteiger partial charge in [-0.2, -0.15) is 0 Å². The van der Waals surface area contributed by atoms with Gasteiger partial charge in [-0.1, -0.05) is 38.9 Å². The van der Waals surface area contributed by atoms with Crippen LogP contribution in [0.2, 0.25) is 0 Å². The van der Waals surface area contributed by atoms with Crippen LogP contribution in [0.15, 0.2) is 23.3 Å². The van der Waals surface area contributed by atoms with Crippen LogP contribution in [0.4, 0.5) is 0 Å². The maximum absolute atomic E-state index is 13.0. The normalized spacial score (nSPS) is 14.0. The van der Waals surface area contributed by atoms with E-state index in [0.29, 0.717) is 31.7 Å². The van der Waals surface area contributed by atoms with Gasteiger partial charge in [0.1, 0.15) is 6.04 Å². The Morgan fingerprint density at radius 2 is 1.97 bits per heavy atom. The van der Waals surface area contributed by atoms with Gasteiger partial charge in [0.25, 0.3) is 0 Å². The van der Waals surface area contributed by atoms with Crippen molar-refractivity contribution in [1.82, 2.24) is 15.6 Å². The number of carbonyl (C=O) groups excluding carboxylic acids is 2. The average Bonchev–Trinajstić information content (AvgIpc) is 3.14. The lowest BCUT2D eigenvalue weighted by Gasteiger charge is -2.24. The van der Waals surface area contributed by atoms with E-state index in [9.17, 15) is 9.59 Å². The predicted molar refractivity (Wildman–Crippen MR) is 125 cm³/mol. The Morgan fingerprint density at radius 3 is 2.61 bits per heavy atom. The number of fused-ring (bicyclic) bond motifs is 1. The first-order valence-electron chi connectivity index (χ1n) is 10.7. The van der Waals surface area contributed by atoms with Crippen molar-refractivity contribution in [1.29, 1.82) is 0 Å². The Balaban J connectivity index is 2.14. The molecule has 1 aromatic heterocycles. The molecule has 0 unspecified atom stereocenters. The van der Waals surface area contributed by atoms with E-state index < -0.39 is 6.04 Å². The molecule has 0 fully saturated rings. The summed E-state index contributed by atoms with van der Waals surface area (Å²) in [5.74, 6) is 0.160. The third-order valence-corrected chi connectivity index (χ3v) is 6.49. The van der Waals surface area contributed by atoms with E-state index in [1.165, 1.54) is 5.56 Å². The lowest BCUT2D eigenvalue weighted by molar-refractivity contribution is -0.129. The molecular formula is C22H32N6O2S. The highest BCUT2D eigenvalue weighted by atomic mass is 32.1. The molecule has 0 saturated heterocycles. The zero-order valence-electron chi connectivity index (χ0n) is 18.9. The van der Waals surface area contributed by atoms with E-state index in [2.05, 4.69) is 51.6 Å². The monoisotopic (exact) mass is 444 g/mol. The number of carbonyl (C=O) groups is 2. The van der Waals surface area contributed by atoms with Crippen molar-refractivity contribution in [2.75, 3.05) is 6.54 Å². The zero-order chi connectivity index (χ0) is 23.0. The van der Waals surface area contributed by atoms with Crippen LogP contribution >= 0.6 is 11.3 Å². The summed E-state index contributed by atoms with van der Waals surface area (Å²) in [7, 11) is 0. The molecule has 0 aliphatic carbocycles. The second-order valence-corrected chi connectivity index (χ2v) is 9.30. The van der Waals surface area contributed by atoms with Crippen molar-refractivity contribution in [2.45, 2.75) is 71.9 Å². The van der Waals surface area contributed by atoms with Crippen molar-refractivity contribution in [3.8, 4) is 0 Å². The first kappa shape index (κ1) is 24.6. The van der Waals surface area contributed by atoms with Gasteiger partial charge < -0.3 is 10.6 Å². The Kier molecular flexibility index (Phi) is 9.27. The smallest absolute Gasteiger partial charge is 0.243 e. The molecule has 8 nitrogen and oxygen atoms in total. The summed E-state index contributed by atoms with van der Waals surface area (Å²) in [4.78, 5) is 32.5. The van der Waals surface area contributed by atoms with E-state index in [1.54, 1.807) is 18.3 Å². The van der Waals surface area contributed by atoms with Gasteiger partial charge in [0.15, 0.2) is 0 Å². The molecule has 0 aliphatic rings. The van der Waals surface area contributed by atoms with Gasteiger partial charge in [-0.15, -0.1) is 11.3 Å². The Labute approximate surface area is 187 Å². The van der Waals surface area contributed by atoms with Gasteiger partial charge in [0.2, 0.25) is 11.8 Å². The Hall–Kier alpha value is -2.64. The predicted octanol–water partition coefficient (Wildman–Crippen LogP) is 4.70. The van der Waals surface area contributed by atoms with Crippen LogP contribution in [-0.2, 0) is 16.0 Å². The lowest BCUT2D eigenvalue weighted by Crippen LogP contribution is -2.51. The summed E-state index contributed by atoms with van der Waals surface area (Å²) in [6, 6.07) is 5.43. The van der Waals surface area contributed by atoms with Gasteiger partial charge in [-0.05, 0) is 48.4 Å². The third-order valence-electron chi connectivity index (χ3n) is 5.45. The SMILES string of the molecule is CCC(=O)N[C@@H](Cc1nc2ccc(C(C)C)cc2s1)C(=O)N[C@@H](C)[C@@H](C)CCN=[N+]=[N-]. The molecule has 2 rings (SSSR count). The maximum Gasteiger partial charge on any atom is 0.243 e. The van der Waals surface area contributed by atoms with Crippen LogP contribution in [0.1, 0.15) is 63.9 Å². The molecule has 168 valence electrons. The fourth-order valence-corrected chi connectivity index (χ4v) is 4.20. The number of hydrogen-bond donors (Lipinski definition) is 2. The summed E-state index contributed by atoms with van der Waals surface area (Å²) < 4.78 is 1.09. The minimum atomic E-state index is -0.690. The lowest BCUT2D eigenvalue weighted by atomic mass is 9.99. The molecule has 0 aliphatic heterocycles. The maximum atomic E-state index is 13.0. The number of nitrogens with zero attached hydrogens (tertiary/aromatic N) is 4. The highest BCUT2D eigenvalue weighted by Gasteiger charge is 2.25. The van der Waals surface area contributed by atoms with E-state index in [4.69, 9.17) is 5.53 Å². The molecule has 2 aromatic rings. The molecule has 1 aromatic carbocycles. The third kappa shape index (κ3) is 7.22. The number of azide groups is 1. The number of hydrogen-bond acceptors (Lipinski definition) is 5. The second kappa shape index (κ2) is 11.7. The van der Waals surface area contributed by atoms with Crippen LogP contribution in [0.25, 0.3) is 20.7 Å². The van der Waals surface area contributed by atoms with Crippen LogP contribution in [0.3, 0.4) is 0 Å². The number of nitrogens with one attached hydrogen (secondary N) is 2. The topological polar surface area (TPSA) is 120 Å². The summed E-state index contributed by atoms with van der Waals surface area (Å²) >= 11 is 1.56. The largest absolute Gasteiger partial charge is 0.352 e. The second-order valence-electron chi connectivity index (χ2n) is 8.18. The first-order valence-corrected chi connectivity index (χ1v) is 11.6. The van der Waals surface area contributed by atoms with Gasteiger partial charge in [0, 0.05) is 30.3 Å². The van der Waals surface area contributed by atoms with Crippen molar-refractivity contribution < 1.29 is 9.59 Å². The highest BCUT2D eigenvalue weighted by Crippen LogP contribution is 2.27. The van der Waals surface area contributed by atoms with Gasteiger partial charge in [0.05, 0.1) is 15.2 Å².